The molecule has 3 heterocycles. The third-order valence-electron chi connectivity index (χ3n) is 5.84. The molecular weight excluding hydrogens is 434 g/mol. The molecule has 2 aliphatic rings. The summed E-state index contributed by atoms with van der Waals surface area (Å²) in [6.45, 7) is 1.59. The molecule has 3 aromatic rings. The van der Waals surface area contributed by atoms with Gasteiger partial charge in [-0.1, -0.05) is 54.2 Å². The maximum atomic E-state index is 13.0. The van der Waals surface area contributed by atoms with Gasteiger partial charge in [0.25, 0.3) is 0 Å². The van der Waals surface area contributed by atoms with Gasteiger partial charge in [0, 0.05) is 12.3 Å². The highest BCUT2D eigenvalue weighted by Gasteiger charge is 2.38. The molecular formula is C26H23N3O3S. The topological polar surface area (TPSA) is 69.7 Å². The first-order valence-corrected chi connectivity index (χ1v) is 11.8. The first-order valence-electron chi connectivity index (χ1n) is 10.8. The lowest BCUT2D eigenvalue weighted by molar-refractivity contribution is -0.132. The third-order valence-corrected chi connectivity index (χ3v) is 7.05. The molecule has 2 aromatic carbocycles. The van der Waals surface area contributed by atoms with Gasteiger partial charge in [-0.15, -0.1) is 0 Å². The molecule has 0 unspecified atom stereocenters. The van der Waals surface area contributed by atoms with Crippen LogP contribution in [-0.2, 0) is 17.9 Å². The first kappa shape index (κ1) is 21.4. The average molecular weight is 458 g/mol. The highest BCUT2D eigenvalue weighted by Crippen LogP contribution is 2.42. The Hall–Kier alpha value is -3.47. The van der Waals surface area contributed by atoms with Crippen LogP contribution in [0.25, 0.3) is 0 Å². The second-order valence-electron chi connectivity index (χ2n) is 8.08. The third kappa shape index (κ3) is 4.68. The SMILES string of the molecule is N#CC1=C2SCN(Cc3ccco3)CN2C(=O)C[C@H]1c1ccc(OCc2ccccc2)cc1. The molecule has 33 heavy (non-hydrogen) atoms. The van der Waals surface area contributed by atoms with Crippen molar-refractivity contribution in [2.45, 2.75) is 25.5 Å². The van der Waals surface area contributed by atoms with Crippen LogP contribution in [0, 0.1) is 11.3 Å². The highest BCUT2D eigenvalue weighted by atomic mass is 32.2. The van der Waals surface area contributed by atoms with Gasteiger partial charge < -0.3 is 9.15 Å². The number of hydrogen-bond donors (Lipinski definition) is 0. The molecule has 0 aliphatic carbocycles. The van der Waals surface area contributed by atoms with Crippen molar-refractivity contribution < 1.29 is 13.9 Å². The number of carbonyl (C=O) groups is 1. The quantitative estimate of drug-likeness (QED) is 0.515. The number of hydrogen-bond acceptors (Lipinski definition) is 6. The van der Waals surface area contributed by atoms with Crippen molar-refractivity contribution in [2.24, 2.45) is 0 Å². The van der Waals surface area contributed by atoms with Crippen LogP contribution in [0.2, 0.25) is 0 Å². The Morgan fingerprint density at radius 1 is 1.09 bits per heavy atom. The number of benzene rings is 2. The van der Waals surface area contributed by atoms with E-state index in [4.69, 9.17) is 9.15 Å². The largest absolute Gasteiger partial charge is 0.489 e. The fourth-order valence-electron chi connectivity index (χ4n) is 4.15. The lowest BCUT2D eigenvalue weighted by Gasteiger charge is -2.41. The number of fused-ring (bicyclic) bond motifs is 1. The van der Waals surface area contributed by atoms with Crippen molar-refractivity contribution in [1.82, 2.24) is 9.80 Å². The molecule has 0 N–H and O–H groups in total. The van der Waals surface area contributed by atoms with Gasteiger partial charge in [0.1, 0.15) is 18.1 Å². The highest BCUT2D eigenvalue weighted by molar-refractivity contribution is 8.03. The summed E-state index contributed by atoms with van der Waals surface area (Å²) in [7, 11) is 0. The minimum Gasteiger partial charge on any atom is -0.489 e. The normalized spacial score (nSPS) is 18.7. The van der Waals surface area contributed by atoms with E-state index in [1.54, 1.807) is 22.9 Å². The summed E-state index contributed by atoms with van der Waals surface area (Å²) in [6, 6.07) is 23.9. The summed E-state index contributed by atoms with van der Waals surface area (Å²) < 4.78 is 11.3. The fourth-order valence-corrected chi connectivity index (χ4v) is 5.29. The monoisotopic (exact) mass is 457 g/mol. The lowest BCUT2D eigenvalue weighted by atomic mass is 9.86. The zero-order chi connectivity index (χ0) is 22.6. The molecule has 1 fully saturated rings. The van der Waals surface area contributed by atoms with E-state index in [0.717, 1.165) is 27.7 Å². The summed E-state index contributed by atoms with van der Waals surface area (Å²) in [6.07, 6.45) is 1.94. The Morgan fingerprint density at radius 2 is 1.91 bits per heavy atom. The number of furan rings is 1. The van der Waals surface area contributed by atoms with Crippen LogP contribution in [0.4, 0.5) is 0 Å². The lowest BCUT2D eigenvalue weighted by Crippen LogP contribution is -2.46. The molecule has 1 atom stereocenters. The van der Waals surface area contributed by atoms with Crippen LogP contribution >= 0.6 is 11.8 Å². The number of ether oxygens (including phenoxy) is 1. The number of rotatable bonds is 6. The number of allylic oxidation sites excluding steroid dienone is 1. The summed E-state index contributed by atoms with van der Waals surface area (Å²) in [5.74, 6) is 2.12. The van der Waals surface area contributed by atoms with Crippen LogP contribution in [0.15, 0.2) is 88.0 Å². The van der Waals surface area contributed by atoms with Crippen LogP contribution in [0.3, 0.4) is 0 Å². The second-order valence-corrected chi connectivity index (χ2v) is 9.01. The van der Waals surface area contributed by atoms with Crippen molar-refractivity contribution in [3.63, 3.8) is 0 Å². The number of amides is 1. The van der Waals surface area contributed by atoms with Gasteiger partial charge in [0.15, 0.2) is 0 Å². The number of carbonyl (C=O) groups excluding carboxylic acids is 1. The molecule has 6 nitrogen and oxygen atoms in total. The zero-order valence-corrected chi connectivity index (χ0v) is 18.8. The van der Waals surface area contributed by atoms with E-state index in [1.807, 2.05) is 66.7 Å². The summed E-state index contributed by atoms with van der Waals surface area (Å²) >= 11 is 1.54. The molecule has 166 valence electrons. The van der Waals surface area contributed by atoms with Crippen molar-refractivity contribution in [2.75, 3.05) is 12.5 Å². The van der Waals surface area contributed by atoms with Crippen LogP contribution in [0.5, 0.6) is 5.75 Å². The van der Waals surface area contributed by atoms with E-state index in [0.29, 0.717) is 31.3 Å². The average Bonchev–Trinajstić information content (AvgIpc) is 3.37. The fraction of sp³-hybridized carbons (Fsp3) is 0.231. The molecule has 0 bridgehead atoms. The first-order chi connectivity index (χ1) is 16.2. The van der Waals surface area contributed by atoms with Crippen LogP contribution < -0.4 is 4.74 Å². The molecule has 2 aliphatic heterocycles. The Bertz CT molecular complexity index is 1180. The van der Waals surface area contributed by atoms with Gasteiger partial charge in [0.2, 0.25) is 5.91 Å². The number of nitriles is 1. The van der Waals surface area contributed by atoms with Crippen molar-refractivity contribution in [3.8, 4) is 11.8 Å². The van der Waals surface area contributed by atoms with Gasteiger partial charge in [-0.2, -0.15) is 5.26 Å². The summed E-state index contributed by atoms with van der Waals surface area (Å²) in [4.78, 5) is 16.9. The summed E-state index contributed by atoms with van der Waals surface area (Å²) in [5, 5.41) is 10.8. The van der Waals surface area contributed by atoms with Crippen LogP contribution in [0.1, 0.15) is 29.2 Å². The van der Waals surface area contributed by atoms with E-state index in [1.165, 1.54) is 0 Å². The molecule has 0 saturated carbocycles. The predicted octanol–water partition coefficient (Wildman–Crippen LogP) is 5.07. The van der Waals surface area contributed by atoms with Crippen molar-refractivity contribution in [3.05, 3.63) is 100 Å². The Labute approximate surface area is 197 Å². The predicted molar refractivity (Wildman–Crippen MR) is 126 cm³/mol. The van der Waals surface area contributed by atoms with E-state index in [-0.39, 0.29) is 18.2 Å². The molecule has 7 heteroatoms. The Morgan fingerprint density at radius 3 is 2.64 bits per heavy atom. The van der Waals surface area contributed by atoms with Gasteiger partial charge in [-0.05, 0) is 35.4 Å². The molecule has 5 rings (SSSR count). The standard InChI is InChI=1S/C26H23N3O3S/c27-14-24-23(20-8-10-21(11-9-20)32-16-19-5-2-1-3-6-19)13-25(30)29-17-28(18-33-26(24)29)15-22-7-4-12-31-22/h1-12,23H,13,15-18H2/t23-/m0/s1. The number of nitrogens with zero attached hydrogens (tertiary/aromatic N) is 3. The van der Waals surface area contributed by atoms with E-state index in [9.17, 15) is 10.1 Å². The second kappa shape index (κ2) is 9.57. The molecule has 1 saturated heterocycles. The smallest absolute Gasteiger partial charge is 0.229 e. The molecule has 1 amide bonds. The van der Waals surface area contributed by atoms with Crippen molar-refractivity contribution >= 4 is 17.7 Å². The Kier molecular flexibility index (Phi) is 6.20. The summed E-state index contributed by atoms with van der Waals surface area (Å²) in [5.41, 5.74) is 2.72. The molecule has 0 radical (unpaired) electrons. The van der Waals surface area contributed by atoms with Crippen molar-refractivity contribution in [1.29, 1.82) is 5.26 Å². The number of thioether (sulfide) groups is 1. The van der Waals surface area contributed by atoms with E-state index in [2.05, 4.69) is 11.0 Å². The van der Waals surface area contributed by atoms with Crippen LogP contribution in [-0.4, -0.2) is 28.3 Å². The molecule has 0 spiro atoms. The minimum atomic E-state index is -0.235. The van der Waals surface area contributed by atoms with Gasteiger partial charge >= 0.3 is 0 Å². The molecule has 1 aromatic heterocycles. The van der Waals surface area contributed by atoms with E-state index >= 15 is 0 Å². The zero-order valence-electron chi connectivity index (χ0n) is 18.0. The van der Waals surface area contributed by atoms with Gasteiger partial charge in [-0.25, -0.2) is 0 Å². The maximum Gasteiger partial charge on any atom is 0.229 e. The van der Waals surface area contributed by atoms with Gasteiger partial charge in [0.05, 0.1) is 42.0 Å². The maximum absolute atomic E-state index is 13.0. The Balaban J connectivity index is 1.30. The minimum absolute atomic E-state index is 0.0371. The van der Waals surface area contributed by atoms with E-state index < -0.39 is 0 Å². The van der Waals surface area contributed by atoms with Gasteiger partial charge in [-0.3, -0.25) is 14.6 Å².